The van der Waals surface area contributed by atoms with Crippen LogP contribution < -0.4 is 10.9 Å². The highest BCUT2D eigenvalue weighted by atomic mass is 35.5. The van der Waals surface area contributed by atoms with E-state index in [1.807, 2.05) is 0 Å². The van der Waals surface area contributed by atoms with Crippen LogP contribution in [0.2, 0.25) is 5.02 Å². The van der Waals surface area contributed by atoms with Crippen LogP contribution in [0.25, 0.3) is 11.3 Å². The van der Waals surface area contributed by atoms with E-state index in [9.17, 15) is 18.4 Å². The largest absolute Gasteiger partial charge is 0.352 e. The van der Waals surface area contributed by atoms with Crippen molar-refractivity contribution < 1.29 is 13.6 Å². The van der Waals surface area contributed by atoms with Crippen LogP contribution >= 0.6 is 11.6 Å². The molecule has 0 atom stereocenters. The molecule has 0 radical (unpaired) electrons. The number of hydrogen-bond acceptors (Lipinski definition) is 3. The molecular formula is C20H16ClF2N3O2. The number of nitrogens with zero attached hydrogens (tertiary/aromatic N) is 2. The minimum Gasteiger partial charge on any atom is -0.352 e. The summed E-state index contributed by atoms with van der Waals surface area (Å²) in [5.41, 5.74) is 1.20. The van der Waals surface area contributed by atoms with E-state index >= 15 is 0 Å². The molecule has 0 saturated carbocycles. The smallest absolute Gasteiger partial charge is 0.266 e. The molecule has 3 rings (SSSR count). The lowest BCUT2D eigenvalue weighted by Crippen LogP contribution is -2.28. The molecule has 1 amide bonds. The first kappa shape index (κ1) is 19.7. The van der Waals surface area contributed by atoms with E-state index in [0.717, 1.165) is 17.7 Å². The van der Waals surface area contributed by atoms with Gasteiger partial charge in [0.2, 0.25) is 5.91 Å². The van der Waals surface area contributed by atoms with Gasteiger partial charge in [0.1, 0.15) is 11.6 Å². The second-order valence-corrected chi connectivity index (χ2v) is 6.49. The molecule has 0 fully saturated rings. The number of aryl methyl sites for hydroxylation is 1. The maximum atomic E-state index is 13.6. The Morgan fingerprint density at radius 3 is 2.54 bits per heavy atom. The summed E-state index contributed by atoms with van der Waals surface area (Å²) in [6, 6.07) is 13.1. The summed E-state index contributed by atoms with van der Waals surface area (Å²) in [6.07, 6.45) is -0.0141. The van der Waals surface area contributed by atoms with Crippen LogP contribution in [0.3, 0.4) is 0 Å². The van der Waals surface area contributed by atoms with Crippen molar-refractivity contribution >= 4 is 17.5 Å². The first-order chi connectivity index (χ1) is 13.4. The van der Waals surface area contributed by atoms with Gasteiger partial charge in [-0.05, 0) is 24.3 Å². The number of benzene rings is 2. The number of carbonyl (C=O) groups excluding carboxylic acids is 1. The van der Waals surface area contributed by atoms with Crippen molar-refractivity contribution in [2.24, 2.45) is 0 Å². The van der Waals surface area contributed by atoms with Crippen LogP contribution in [0.1, 0.15) is 12.0 Å². The fourth-order valence-corrected chi connectivity index (χ4v) is 2.66. The Hall–Kier alpha value is -3.06. The predicted molar refractivity (Wildman–Crippen MR) is 102 cm³/mol. The first-order valence-electron chi connectivity index (χ1n) is 8.47. The molecule has 0 spiro atoms. The molecule has 3 aromatic rings. The Balaban J connectivity index is 1.62. The van der Waals surface area contributed by atoms with Crippen molar-refractivity contribution in [1.29, 1.82) is 0 Å². The summed E-state index contributed by atoms with van der Waals surface area (Å²) in [6.45, 7) is -0.00388. The lowest BCUT2D eigenvalue weighted by molar-refractivity contribution is -0.121. The minimum absolute atomic E-state index is 0.0141. The Morgan fingerprint density at radius 2 is 1.82 bits per heavy atom. The highest BCUT2D eigenvalue weighted by Gasteiger charge is 2.09. The highest BCUT2D eigenvalue weighted by Crippen LogP contribution is 2.18. The van der Waals surface area contributed by atoms with Gasteiger partial charge in [-0.15, -0.1) is 0 Å². The Bertz CT molecular complexity index is 1050. The summed E-state index contributed by atoms with van der Waals surface area (Å²) in [5.74, 6) is -1.79. The molecule has 1 heterocycles. The third-order valence-corrected chi connectivity index (χ3v) is 4.30. The average molecular weight is 404 g/mol. The van der Waals surface area contributed by atoms with Crippen molar-refractivity contribution in [3.63, 3.8) is 0 Å². The van der Waals surface area contributed by atoms with E-state index in [2.05, 4.69) is 10.4 Å². The van der Waals surface area contributed by atoms with Crippen molar-refractivity contribution in [3.8, 4) is 11.3 Å². The lowest BCUT2D eigenvalue weighted by atomic mass is 10.1. The van der Waals surface area contributed by atoms with E-state index in [1.54, 1.807) is 30.3 Å². The van der Waals surface area contributed by atoms with Gasteiger partial charge in [0, 0.05) is 41.2 Å². The van der Waals surface area contributed by atoms with Crippen LogP contribution in [-0.4, -0.2) is 15.7 Å². The molecule has 5 nitrogen and oxygen atoms in total. The molecular weight excluding hydrogens is 388 g/mol. The number of nitrogens with one attached hydrogen (secondary N) is 1. The maximum Gasteiger partial charge on any atom is 0.266 e. The van der Waals surface area contributed by atoms with Crippen LogP contribution in [0, 0.1) is 11.6 Å². The molecule has 0 aliphatic carbocycles. The van der Waals surface area contributed by atoms with Crippen molar-refractivity contribution in [3.05, 3.63) is 87.2 Å². The Morgan fingerprint density at radius 1 is 1.07 bits per heavy atom. The third-order valence-electron chi connectivity index (χ3n) is 4.05. The molecule has 0 aliphatic rings. The molecule has 2 aromatic carbocycles. The number of rotatable bonds is 6. The van der Waals surface area contributed by atoms with Crippen molar-refractivity contribution in [2.45, 2.75) is 19.5 Å². The molecule has 8 heteroatoms. The van der Waals surface area contributed by atoms with Gasteiger partial charge < -0.3 is 5.32 Å². The minimum atomic E-state index is -0.728. The molecule has 0 saturated heterocycles. The monoisotopic (exact) mass is 403 g/mol. The van der Waals surface area contributed by atoms with Gasteiger partial charge in [-0.1, -0.05) is 29.8 Å². The van der Waals surface area contributed by atoms with Crippen molar-refractivity contribution in [2.75, 3.05) is 0 Å². The molecule has 1 N–H and O–H groups in total. The zero-order valence-corrected chi connectivity index (χ0v) is 15.4. The second kappa shape index (κ2) is 8.75. The SMILES string of the molecule is O=C(CCn1nc(-c2ccc(Cl)cc2)ccc1=O)NCc1ccc(F)cc1F. The number of hydrogen-bond donors (Lipinski definition) is 1. The van der Waals surface area contributed by atoms with Crippen LogP contribution in [0.15, 0.2) is 59.4 Å². The quantitative estimate of drug-likeness (QED) is 0.684. The van der Waals surface area contributed by atoms with E-state index in [1.165, 1.54) is 16.8 Å². The number of carbonyl (C=O) groups is 1. The van der Waals surface area contributed by atoms with Gasteiger partial charge in [-0.3, -0.25) is 9.59 Å². The van der Waals surface area contributed by atoms with E-state index in [4.69, 9.17) is 11.6 Å². The predicted octanol–water partition coefficient (Wildman–Crippen LogP) is 3.55. The Labute approximate surface area is 164 Å². The topological polar surface area (TPSA) is 64.0 Å². The second-order valence-electron chi connectivity index (χ2n) is 6.05. The van der Waals surface area contributed by atoms with Gasteiger partial charge in [0.05, 0.1) is 12.2 Å². The Kier molecular flexibility index (Phi) is 6.16. The first-order valence-corrected chi connectivity index (χ1v) is 8.85. The van der Waals surface area contributed by atoms with E-state index in [-0.39, 0.29) is 36.5 Å². The van der Waals surface area contributed by atoms with Gasteiger partial charge in [-0.25, -0.2) is 13.5 Å². The summed E-state index contributed by atoms with van der Waals surface area (Å²) in [7, 11) is 0. The van der Waals surface area contributed by atoms with Gasteiger partial charge in [-0.2, -0.15) is 5.10 Å². The van der Waals surface area contributed by atoms with Crippen LogP contribution in [0.5, 0.6) is 0 Å². The van der Waals surface area contributed by atoms with E-state index < -0.39 is 11.6 Å². The summed E-state index contributed by atoms with van der Waals surface area (Å²) in [5, 5.41) is 7.40. The van der Waals surface area contributed by atoms with Gasteiger partial charge in [0.15, 0.2) is 0 Å². The zero-order valence-electron chi connectivity index (χ0n) is 14.7. The van der Waals surface area contributed by atoms with E-state index in [0.29, 0.717) is 10.7 Å². The summed E-state index contributed by atoms with van der Waals surface area (Å²) in [4.78, 5) is 24.0. The molecule has 28 heavy (non-hydrogen) atoms. The van der Waals surface area contributed by atoms with Gasteiger partial charge in [0.25, 0.3) is 5.56 Å². The molecule has 0 unspecified atom stereocenters. The summed E-state index contributed by atoms with van der Waals surface area (Å²) < 4.78 is 27.7. The third kappa shape index (κ3) is 5.01. The standard InChI is InChI=1S/C20H16ClF2N3O2/c21-15-4-1-13(2-5-15)18-7-8-20(28)26(25-18)10-9-19(27)24-12-14-3-6-16(22)11-17(14)23/h1-8,11H,9-10,12H2,(H,24,27). The molecule has 1 aromatic heterocycles. The molecule has 0 bridgehead atoms. The normalized spacial score (nSPS) is 10.7. The fourth-order valence-electron chi connectivity index (χ4n) is 2.54. The highest BCUT2D eigenvalue weighted by molar-refractivity contribution is 6.30. The number of aromatic nitrogens is 2. The lowest BCUT2D eigenvalue weighted by Gasteiger charge is -2.09. The van der Waals surface area contributed by atoms with Crippen molar-refractivity contribution in [1.82, 2.24) is 15.1 Å². The van der Waals surface area contributed by atoms with Crippen LogP contribution in [-0.2, 0) is 17.9 Å². The maximum absolute atomic E-state index is 13.6. The zero-order chi connectivity index (χ0) is 20.1. The molecule has 144 valence electrons. The fraction of sp³-hybridized carbons (Fsp3) is 0.150. The number of halogens is 3. The average Bonchev–Trinajstić information content (AvgIpc) is 2.67. The van der Waals surface area contributed by atoms with Gasteiger partial charge >= 0.3 is 0 Å². The number of amides is 1. The molecule has 0 aliphatic heterocycles. The summed E-state index contributed by atoms with van der Waals surface area (Å²) >= 11 is 5.87. The van der Waals surface area contributed by atoms with Crippen LogP contribution in [0.4, 0.5) is 8.78 Å².